The molecule has 0 bridgehead atoms. The number of nitrogens with zero attached hydrogens (tertiary/aromatic N) is 1. The summed E-state index contributed by atoms with van der Waals surface area (Å²) in [4.78, 5) is 14.6. The Labute approximate surface area is 134 Å². The van der Waals surface area contributed by atoms with Crippen LogP contribution in [0.1, 0.15) is 39.2 Å². The van der Waals surface area contributed by atoms with Crippen molar-refractivity contribution in [1.82, 2.24) is 4.90 Å². The second kappa shape index (κ2) is 8.91. The number of aliphatic hydroxyl groups is 1. The van der Waals surface area contributed by atoms with E-state index in [2.05, 4.69) is 32.6 Å². The van der Waals surface area contributed by atoms with E-state index < -0.39 is 5.92 Å². The van der Waals surface area contributed by atoms with Crippen LogP contribution in [0, 0.1) is 5.41 Å². The molecule has 1 rings (SSSR count). The van der Waals surface area contributed by atoms with Gasteiger partial charge in [-0.1, -0.05) is 58.0 Å². The van der Waals surface area contributed by atoms with Gasteiger partial charge in [-0.25, -0.2) is 0 Å². The van der Waals surface area contributed by atoms with E-state index in [1.165, 1.54) is 0 Å². The van der Waals surface area contributed by atoms with E-state index in [9.17, 15) is 9.90 Å². The molecule has 1 aromatic rings. The fourth-order valence-corrected chi connectivity index (χ4v) is 2.47. The maximum Gasteiger partial charge on any atom is 0.315 e. The van der Waals surface area contributed by atoms with Gasteiger partial charge in [-0.2, -0.15) is 0 Å². The molecule has 0 saturated heterocycles. The van der Waals surface area contributed by atoms with Crippen molar-refractivity contribution in [2.45, 2.75) is 33.6 Å². The number of hydrogen-bond donors (Lipinski definition) is 1. The summed E-state index contributed by atoms with van der Waals surface area (Å²) in [5, 5.41) is 9.49. The van der Waals surface area contributed by atoms with Crippen LogP contribution in [-0.2, 0) is 9.53 Å². The third kappa shape index (κ3) is 5.78. The normalized spacial score (nSPS) is 13.2. The summed E-state index contributed by atoms with van der Waals surface area (Å²) in [6.45, 7) is 11.4. The molecule has 124 valence electrons. The highest BCUT2D eigenvalue weighted by Crippen LogP contribution is 2.21. The van der Waals surface area contributed by atoms with Gasteiger partial charge in [0.2, 0.25) is 0 Å². The highest BCUT2D eigenvalue weighted by Gasteiger charge is 2.26. The Kier molecular flexibility index (Phi) is 7.56. The minimum Gasteiger partial charge on any atom is -0.465 e. The standard InChI is InChI=1S/C18H29NO3/c1-5-19(6-2)13-18(3,4)14-22-17(21)16(12-20)15-10-8-7-9-11-15/h7-11,16,20H,5-6,12-14H2,1-4H3. The molecule has 0 saturated carbocycles. The van der Waals surface area contributed by atoms with Crippen molar-refractivity contribution in [2.24, 2.45) is 5.41 Å². The van der Waals surface area contributed by atoms with Crippen molar-refractivity contribution in [3.05, 3.63) is 35.9 Å². The molecule has 0 radical (unpaired) electrons. The molecular weight excluding hydrogens is 278 g/mol. The Morgan fingerprint density at radius 2 is 1.82 bits per heavy atom. The molecule has 0 aliphatic rings. The molecule has 1 aromatic carbocycles. The lowest BCUT2D eigenvalue weighted by molar-refractivity contribution is -0.149. The summed E-state index contributed by atoms with van der Waals surface area (Å²) in [5.41, 5.74) is 0.676. The largest absolute Gasteiger partial charge is 0.465 e. The summed E-state index contributed by atoms with van der Waals surface area (Å²) in [6, 6.07) is 9.27. The van der Waals surface area contributed by atoms with E-state index in [-0.39, 0.29) is 18.0 Å². The average Bonchev–Trinajstić information content (AvgIpc) is 2.52. The van der Waals surface area contributed by atoms with Crippen molar-refractivity contribution in [1.29, 1.82) is 0 Å². The lowest BCUT2D eigenvalue weighted by Gasteiger charge is -2.31. The quantitative estimate of drug-likeness (QED) is 0.713. The predicted molar refractivity (Wildman–Crippen MR) is 88.8 cm³/mol. The Balaban J connectivity index is 2.60. The van der Waals surface area contributed by atoms with Crippen molar-refractivity contribution >= 4 is 5.97 Å². The first kappa shape index (κ1) is 18.7. The van der Waals surface area contributed by atoms with E-state index in [1.54, 1.807) is 0 Å². The van der Waals surface area contributed by atoms with Gasteiger partial charge in [0.25, 0.3) is 0 Å². The Bertz CT molecular complexity index is 441. The summed E-state index contributed by atoms with van der Waals surface area (Å²) in [5.74, 6) is -0.966. The van der Waals surface area contributed by atoms with Gasteiger partial charge < -0.3 is 14.7 Å². The van der Waals surface area contributed by atoms with Gasteiger partial charge in [0, 0.05) is 12.0 Å². The first-order chi connectivity index (χ1) is 10.4. The number of benzene rings is 1. The van der Waals surface area contributed by atoms with Crippen LogP contribution in [-0.4, -0.2) is 48.8 Å². The van der Waals surface area contributed by atoms with E-state index in [4.69, 9.17) is 4.74 Å². The lowest BCUT2D eigenvalue weighted by atomic mass is 9.93. The number of carbonyl (C=O) groups excluding carboxylic acids is 1. The van der Waals surface area contributed by atoms with Crippen LogP contribution < -0.4 is 0 Å². The number of esters is 1. The highest BCUT2D eigenvalue weighted by molar-refractivity contribution is 5.78. The highest BCUT2D eigenvalue weighted by atomic mass is 16.5. The topological polar surface area (TPSA) is 49.8 Å². The fourth-order valence-electron chi connectivity index (χ4n) is 2.47. The lowest BCUT2D eigenvalue weighted by Crippen LogP contribution is -2.38. The number of hydrogen-bond acceptors (Lipinski definition) is 4. The second-order valence-corrected chi connectivity index (χ2v) is 6.38. The molecule has 1 N–H and O–H groups in total. The zero-order valence-electron chi connectivity index (χ0n) is 14.2. The van der Waals surface area contributed by atoms with Crippen molar-refractivity contribution in [3.8, 4) is 0 Å². The Morgan fingerprint density at radius 1 is 1.23 bits per heavy atom. The average molecular weight is 307 g/mol. The van der Waals surface area contributed by atoms with Gasteiger partial charge >= 0.3 is 5.97 Å². The first-order valence-electron chi connectivity index (χ1n) is 7.98. The SMILES string of the molecule is CCN(CC)CC(C)(C)COC(=O)C(CO)c1ccccc1. The molecule has 1 atom stereocenters. The monoisotopic (exact) mass is 307 g/mol. The van der Waals surface area contributed by atoms with Crippen LogP contribution in [0.3, 0.4) is 0 Å². The van der Waals surface area contributed by atoms with Crippen LogP contribution in [0.2, 0.25) is 0 Å². The fraction of sp³-hybridized carbons (Fsp3) is 0.611. The summed E-state index contributed by atoms with van der Waals surface area (Å²) in [7, 11) is 0. The molecule has 4 heteroatoms. The number of rotatable bonds is 9. The Morgan fingerprint density at radius 3 is 2.32 bits per heavy atom. The molecule has 1 unspecified atom stereocenters. The van der Waals surface area contributed by atoms with Crippen molar-refractivity contribution in [2.75, 3.05) is 32.8 Å². The molecule has 0 fully saturated rings. The third-order valence-electron chi connectivity index (χ3n) is 3.82. The molecule has 22 heavy (non-hydrogen) atoms. The van der Waals surface area contributed by atoms with Gasteiger partial charge in [0.05, 0.1) is 13.2 Å². The van der Waals surface area contributed by atoms with Gasteiger partial charge in [-0.05, 0) is 18.7 Å². The van der Waals surface area contributed by atoms with E-state index >= 15 is 0 Å². The third-order valence-corrected chi connectivity index (χ3v) is 3.82. The zero-order valence-corrected chi connectivity index (χ0v) is 14.2. The second-order valence-electron chi connectivity index (χ2n) is 6.38. The predicted octanol–water partition coefficient (Wildman–Crippen LogP) is 2.67. The number of aliphatic hydroxyl groups excluding tert-OH is 1. The number of carbonyl (C=O) groups is 1. The first-order valence-corrected chi connectivity index (χ1v) is 7.98. The number of ether oxygens (including phenoxy) is 1. The van der Waals surface area contributed by atoms with E-state index in [0.717, 1.165) is 25.2 Å². The van der Waals surface area contributed by atoms with Gasteiger partial charge in [0.1, 0.15) is 5.92 Å². The summed E-state index contributed by atoms with van der Waals surface area (Å²) < 4.78 is 5.48. The molecule has 4 nitrogen and oxygen atoms in total. The van der Waals surface area contributed by atoms with Crippen LogP contribution in [0.15, 0.2) is 30.3 Å². The van der Waals surface area contributed by atoms with Gasteiger partial charge in [0.15, 0.2) is 0 Å². The van der Waals surface area contributed by atoms with E-state index in [0.29, 0.717) is 6.61 Å². The maximum atomic E-state index is 12.3. The van der Waals surface area contributed by atoms with Crippen molar-refractivity contribution in [3.63, 3.8) is 0 Å². The van der Waals surface area contributed by atoms with Gasteiger partial charge in [-0.15, -0.1) is 0 Å². The molecule has 0 spiro atoms. The van der Waals surface area contributed by atoms with Crippen LogP contribution in [0.4, 0.5) is 0 Å². The van der Waals surface area contributed by atoms with Crippen molar-refractivity contribution < 1.29 is 14.6 Å². The van der Waals surface area contributed by atoms with Crippen LogP contribution in [0.5, 0.6) is 0 Å². The minimum absolute atomic E-state index is 0.113. The molecular formula is C18H29NO3. The van der Waals surface area contributed by atoms with Crippen LogP contribution in [0.25, 0.3) is 0 Å². The van der Waals surface area contributed by atoms with E-state index in [1.807, 2.05) is 30.3 Å². The molecule has 0 aromatic heterocycles. The summed E-state index contributed by atoms with van der Waals surface area (Å²) >= 11 is 0. The Hall–Kier alpha value is -1.39. The maximum absolute atomic E-state index is 12.3. The van der Waals surface area contributed by atoms with Crippen LogP contribution >= 0.6 is 0 Å². The molecule has 0 aliphatic carbocycles. The molecule has 0 heterocycles. The summed E-state index contributed by atoms with van der Waals surface area (Å²) in [6.07, 6.45) is 0. The smallest absolute Gasteiger partial charge is 0.315 e. The molecule has 0 amide bonds. The zero-order chi connectivity index (χ0) is 16.6. The minimum atomic E-state index is -0.606. The van der Waals surface area contributed by atoms with Gasteiger partial charge in [-0.3, -0.25) is 4.79 Å². The molecule has 0 aliphatic heterocycles.